The van der Waals surface area contributed by atoms with Crippen molar-refractivity contribution in [1.82, 2.24) is 0 Å². The maximum Gasteiger partial charge on any atom is 0.0874 e. The molecular weight excluding hydrogens is 176 g/mol. The maximum atomic E-state index is 5.53. The normalized spacial score (nSPS) is 26.0. The van der Waals surface area contributed by atoms with Crippen molar-refractivity contribution in [2.24, 2.45) is 0 Å². The van der Waals surface area contributed by atoms with Gasteiger partial charge in [0.1, 0.15) is 0 Å². The van der Waals surface area contributed by atoms with E-state index in [0.29, 0.717) is 6.10 Å². The zero-order chi connectivity index (χ0) is 9.64. The Bertz CT molecular complexity index is 186. The molecule has 2 rings (SSSR count). The Morgan fingerprint density at radius 1 is 1.29 bits per heavy atom. The van der Waals surface area contributed by atoms with Crippen LogP contribution >= 0.6 is 0 Å². The summed E-state index contributed by atoms with van der Waals surface area (Å²) in [4.78, 5) is 0. The predicted molar refractivity (Wildman–Crippen MR) is 56.1 cm³/mol. The number of allylic oxidation sites excluding steroid dienone is 1. The third-order valence-electron chi connectivity index (χ3n) is 2.94. The number of epoxide rings is 1. The van der Waals surface area contributed by atoms with Crippen molar-refractivity contribution in [3.63, 3.8) is 0 Å². The van der Waals surface area contributed by atoms with Gasteiger partial charge in [-0.05, 0) is 44.1 Å². The van der Waals surface area contributed by atoms with E-state index in [9.17, 15) is 0 Å². The molecule has 14 heavy (non-hydrogen) atoms. The van der Waals surface area contributed by atoms with E-state index in [1.165, 1.54) is 44.1 Å². The lowest BCUT2D eigenvalue weighted by atomic mass is 9.96. The largest absolute Gasteiger partial charge is 0.501 e. The van der Waals surface area contributed by atoms with Gasteiger partial charge in [-0.15, -0.1) is 0 Å². The van der Waals surface area contributed by atoms with Gasteiger partial charge in [0, 0.05) is 0 Å². The molecule has 0 amide bonds. The number of hydrogen-bond acceptors (Lipinski definition) is 2. The van der Waals surface area contributed by atoms with Gasteiger partial charge in [-0.3, -0.25) is 0 Å². The summed E-state index contributed by atoms with van der Waals surface area (Å²) in [5.41, 5.74) is 1.51. The van der Waals surface area contributed by atoms with Crippen LogP contribution in [-0.2, 0) is 9.47 Å². The molecule has 0 aromatic carbocycles. The minimum atomic E-state index is 0.556. The van der Waals surface area contributed by atoms with Crippen molar-refractivity contribution in [1.29, 1.82) is 0 Å². The number of ether oxygens (including phenoxy) is 2. The van der Waals surface area contributed by atoms with Gasteiger partial charge in [-0.25, -0.2) is 0 Å². The Labute approximate surface area is 86.3 Å². The lowest BCUT2D eigenvalue weighted by molar-refractivity contribution is 0.230. The van der Waals surface area contributed by atoms with Crippen molar-refractivity contribution >= 4 is 0 Å². The Morgan fingerprint density at radius 3 is 2.79 bits per heavy atom. The van der Waals surface area contributed by atoms with Gasteiger partial charge >= 0.3 is 0 Å². The summed E-state index contributed by atoms with van der Waals surface area (Å²) in [7, 11) is 0. The highest BCUT2D eigenvalue weighted by atomic mass is 16.6. The lowest BCUT2D eigenvalue weighted by Gasteiger charge is -2.13. The summed E-state index contributed by atoms with van der Waals surface area (Å²) < 4.78 is 10.7. The molecule has 80 valence electrons. The Balaban J connectivity index is 1.51. The molecule has 1 heterocycles. The molecule has 1 aliphatic heterocycles. The first-order chi connectivity index (χ1) is 6.95. The van der Waals surface area contributed by atoms with Crippen LogP contribution < -0.4 is 0 Å². The van der Waals surface area contributed by atoms with Crippen LogP contribution in [0.2, 0.25) is 0 Å². The summed E-state index contributed by atoms with van der Waals surface area (Å²) in [6.45, 7) is 1.84. The van der Waals surface area contributed by atoms with Gasteiger partial charge in [0.15, 0.2) is 0 Å². The maximum absolute atomic E-state index is 5.53. The van der Waals surface area contributed by atoms with Gasteiger partial charge in [-0.2, -0.15) is 0 Å². The molecule has 0 aromatic heterocycles. The van der Waals surface area contributed by atoms with E-state index >= 15 is 0 Å². The van der Waals surface area contributed by atoms with Crippen LogP contribution in [0.5, 0.6) is 0 Å². The second kappa shape index (κ2) is 5.40. The van der Waals surface area contributed by atoms with Crippen molar-refractivity contribution in [2.45, 2.75) is 51.0 Å². The third-order valence-corrected chi connectivity index (χ3v) is 2.94. The molecule has 0 aromatic rings. The molecule has 1 aliphatic carbocycles. The molecule has 1 atom stereocenters. The van der Waals surface area contributed by atoms with E-state index in [1.807, 2.05) is 6.26 Å². The summed E-state index contributed by atoms with van der Waals surface area (Å²) in [6.07, 6.45) is 11.5. The number of rotatable bonds is 5. The van der Waals surface area contributed by atoms with Crippen LogP contribution in [0, 0.1) is 0 Å². The Kier molecular flexibility index (Phi) is 3.87. The van der Waals surface area contributed by atoms with Crippen LogP contribution in [0.3, 0.4) is 0 Å². The highest BCUT2D eigenvalue weighted by molar-refractivity contribution is 5.00. The average Bonchev–Trinajstić information content (AvgIpc) is 3.03. The van der Waals surface area contributed by atoms with Crippen molar-refractivity contribution in [3.8, 4) is 0 Å². The fraction of sp³-hybridized carbons (Fsp3) is 0.833. The monoisotopic (exact) mass is 196 g/mol. The van der Waals surface area contributed by atoms with E-state index < -0.39 is 0 Å². The molecule has 2 nitrogen and oxygen atoms in total. The quantitative estimate of drug-likeness (QED) is 0.383. The van der Waals surface area contributed by atoms with Gasteiger partial charge in [-0.1, -0.05) is 6.42 Å². The molecule has 2 heteroatoms. The summed E-state index contributed by atoms with van der Waals surface area (Å²) in [5.74, 6) is 0. The summed E-state index contributed by atoms with van der Waals surface area (Å²) in [5, 5.41) is 0. The minimum absolute atomic E-state index is 0.556. The molecule has 0 radical (unpaired) electrons. The van der Waals surface area contributed by atoms with Gasteiger partial charge in [0.25, 0.3) is 0 Å². The molecule has 2 fully saturated rings. The molecule has 1 unspecified atom stereocenters. The van der Waals surface area contributed by atoms with Gasteiger partial charge < -0.3 is 9.47 Å². The van der Waals surface area contributed by atoms with Crippen LogP contribution in [0.1, 0.15) is 44.9 Å². The summed E-state index contributed by atoms with van der Waals surface area (Å²) in [6, 6.07) is 0. The Morgan fingerprint density at radius 2 is 2.07 bits per heavy atom. The predicted octanol–water partition coefficient (Wildman–Crippen LogP) is 3.03. The zero-order valence-electron chi connectivity index (χ0n) is 8.84. The highest BCUT2D eigenvalue weighted by Crippen LogP contribution is 2.22. The molecule has 2 aliphatic rings. The molecular formula is C12H20O2. The molecule has 0 N–H and O–H groups in total. The molecule has 1 saturated heterocycles. The van der Waals surface area contributed by atoms with Crippen molar-refractivity contribution in [2.75, 3.05) is 13.2 Å². The van der Waals surface area contributed by atoms with Crippen LogP contribution in [0.4, 0.5) is 0 Å². The zero-order valence-corrected chi connectivity index (χ0v) is 8.84. The minimum Gasteiger partial charge on any atom is -0.501 e. The molecule has 1 saturated carbocycles. The molecule has 0 spiro atoms. The van der Waals surface area contributed by atoms with Gasteiger partial charge in [0.05, 0.1) is 25.6 Å². The SMILES string of the molecule is C(OCCCC1CO1)=C1CCCCC1. The van der Waals surface area contributed by atoms with Crippen LogP contribution in [0.15, 0.2) is 11.8 Å². The third kappa shape index (κ3) is 3.70. The first kappa shape index (κ1) is 10.0. The van der Waals surface area contributed by atoms with E-state index in [-0.39, 0.29) is 0 Å². The average molecular weight is 196 g/mol. The number of hydrogen-bond donors (Lipinski definition) is 0. The van der Waals surface area contributed by atoms with Crippen LogP contribution in [-0.4, -0.2) is 19.3 Å². The molecule has 0 bridgehead atoms. The lowest BCUT2D eigenvalue weighted by Crippen LogP contribution is -1.97. The topological polar surface area (TPSA) is 21.8 Å². The summed E-state index contributed by atoms with van der Waals surface area (Å²) >= 11 is 0. The van der Waals surface area contributed by atoms with E-state index in [4.69, 9.17) is 9.47 Å². The highest BCUT2D eigenvalue weighted by Gasteiger charge is 2.21. The van der Waals surface area contributed by atoms with Crippen molar-refractivity contribution < 1.29 is 9.47 Å². The van der Waals surface area contributed by atoms with Gasteiger partial charge in [0.2, 0.25) is 0 Å². The van der Waals surface area contributed by atoms with Crippen molar-refractivity contribution in [3.05, 3.63) is 11.8 Å². The second-order valence-corrected chi connectivity index (χ2v) is 4.31. The smallest absolute Gasteiger partial charge is 0.0874 e. The van der Waals surface area contributed by atoms with E-state index in [2.05, 4.69) is 0 Å². The fourth-order valence-electron chi connectivity index (χ4n) is 1.93. The fourth-order valence-corrected chi connectivity index (χ4v) is 1.93. The second-order valence-electron chi connectivity index (χ2n) is 4.31. The first-order valence-corrected chi connectivity index (χ1v) is 5.86. The van der Waals surface area contributed by atoms with E-state index in [1.54, 1.807) is 0 Å². The first-order valence-electron chi connectivity index (χ1n) is 5.86. The van der Waals surface area contributed by atoms with Crippen LogP contribution in [0.25, 0.3) is 0 Å². The van der Waals surface area contributed by atoms with E-state index in [0.717, 1.165) is 19.6 Å². The standard InChI is InChI=1S/C12H20O2/c1-2-5-11(6-3-1)9-13-8-4-7-12-10-14-12/h9,12H,1-8,10H2. The Hall–Kier alpha value is -0.500.